The molecule has 0 saturated heterocycles. The summed E-state index contributed by atoms with van der Waals surface area (Å²) in [6.45, 7) is 10.4. The number of oxazole rings is 2. The molecule has 0 fully saturated rings. The third-order valence-electron chi connectivity index (χ3n) is 4.70. The van der Waals surface area contributed by atoms with Gasteiger partial charge >= 0.3 is 18.0 Å². The Labute approximate surface area is 236 Å². The third-order valence-corrected chi connectivity index (χ3v) is 6.44. The summed E-state index contributed by atoms with van der Waals surface area (Å²) in [5, 5.41) is 16.0. The summed E-state index contributed by atoms with van der Waals surface area (Å²) in [7, 11) is 0. The molecule has 4 heterocycles. The van der Waals surface area contributed by atoms with Crippen LogP contribution in [0.5, 0.6) is 0 Å². The number of amides is 1. The predicted molar refractivity (Wildman–Crippen MR) is 144 cm³/mol. The van der Waals surface area contributed by atoms with Crippen molar-refractivity contribution in [2.24, 2.45) is 0 Å². The van der Waals surface area contributed by atoms with Gasteiger partial charge in [0.15, 0.2) is 5.69 Å². The first-order valence-electron chi connectivity index (χ1n) is 11.9. The van der Waals surface area contributed by atoms with Crippen LogP contribution in [-0.4, -0.2) is 60.3 Å². The molecule has 0 aromatic carbocycles. The van der Waals surface area contributed by atoms with Crippen LogP contribution in [0.1, 0.15) is 57.0 Å². The number of carboxylic acid groups (broad SMARTS) is 1. The van der Waals surface area contributed by atoms with Gasteiger partial charge in [-0.15, -0.1) is 22.7 Å². The Kier molecular flexibility index (Phi) is 8.07. The van der Waals surface area contributed by atoms with Gasteiger partial charge in [-0.25, -0.2) is 34.3 Å². The van der Waals surface area contributed by atoms with Crippen LogP contribution in [0, 0.1) is 0 Å². The monoisotopic (exact) mass is 589 g/mol. The van der Waals surface area contributed by atoms with E-state index in [4.69, 9.17) is 23.4 Å². The van der Waals surface area contributed by atoms with E-state index in [2.05, 4.69) is 25.3 Å². The molecule has 0 spiro atoms. The normalized spacial score (nSPS) is 12.7. The molecule has 0 radical (unpaired) electrons. The molecule has 0 saturated carbocycles. The molecule has 13 nitrogen and oxygen atoms in total. The zero-order chi connectivity index (χ0) is 29.2. The molecule has 0 aliphatic rings. The van der Waals surface area contributed by atoms with Crippen LogP contribution in [0.15, 0.2) is 32.1 Å². The van der Waals surface area contributed by atoms with E-state index in [0.29, 0.717) is 27.1 Å². The standard InChI is InChI=1S/C25H27N5O8S2/c1-24(2,3)37-22(33)12(30-23(34)38-25(4,5)6)7-17-26-15(10-39-17)18-27-13(8-35-18)20-29-16(11-40-20)19-28-14(9-36-19)21(31)32/h8-12H,7H2,1-6H3,(H,30,34)(H,31,32). The summed E-state index contributed by atoms with van der Waals surface area (Å²) in [5.74, 6) is -1.51. The van der Waals surface area contributed by atoms with Gasteiger partial charge in [0.1, 0.15) is 51.9 Å². The van der Waals surface area contributed by atoms with Crippen molar-refractivity contribution in [1.29, 1.82) is 0 Å². The number of nitrogens with one attached hydrogen (secondary N) is 1. The number of hydrogen-bond acceptors (Lipinski definition) is 13. The number of carbonyl (C=O) groups is 3. The molecule has 40 heavy (non-hydrogen) atoms. The molecule has 0 bridgehead atoms. The van der Waals surface area contributed by atoms with Crippen molar-refractivity contribution in [3.63, 3.8) is 0 Å². The van der Waals surface area contributed by atoms with Gasteiger partial charge in [0.2, 0.25) is 11.8 Å². The van der Waals surface area contributed by atoms with Crippen LogP contribution >= 0.6 is 22.7 Å². The Morgan fingerprint density at radius 2 is 1.50 bits per heavy atom. The average molecular weight is 590 g/mol. The number of rotatable bonds is 8. The molecule has 2 N–H and O–H groups in total. The number of carbonyl (C=O) groups excluding carboxylic acids is 2. The van der Waals surface area contributed by atoms with Crippen molar-refractivity contribution in [1.82, 2.24) is 25.3 Å². The Bertz CT molecular complexity index is 1520. The molecule has 0 aliphatic heterocycles. The second-order valence-electron chi connectivity index (χ2n) is 10.5. The fourth-order valence-corrected chi connectivity index (χ4v) is 4.72. The Morgan fingerprint density at radius 1 is 0.875 bits per heavy atom. The van der Waals surface area contributed by atoms with Crippen molar-refractivity contribution < 1.29 is 37.8 Å². The third kappa shape index (κ3) is 7.51. The maximum atomic E-state index is 12.8. The smallest absolute Gasteiger partial charge is 0.408 e. The molecule has 1 unspecified atom stereocenters. The van der Waals surface area contributed by atoms with Crippen LogP contribution in [0.2, 0.25) is 0 Å². The number of hydrogen-bond donors (Lipinski definition) is 2. The van der Waals surface area contributed by atoms with E-state index >= 15 is 0 Å². The van der Waals surface area contributed by atoms with Crippen molar-refractivity contribution in [3.05, 3.63) is 34.0 Å². The molecule has 15 heteroatoms. The van der Waals surface area contributed by atoms with Crippen LogP contribution in [0.25, 0.3) is 33.9 Å². The maximum Gasteiger partial charge on any atom is 0.408 e. The highest BCUT2D eigenvalue weighted by molar-refractivity contribution is 7.13. The molecule has 212 valence electrons. The summed E-state index contributed by atoms with van der Waals surface area (Å²) in [4.78, 5) is 53.6. The van der Waals surface area contributed by atoms with Crippen LogP contribution in [0.3, 0.4) is 0 Å². The molecule has 1 amide bonds. The summed E-state index contributed by atoms with van der Waals surface area (Å²) < 4.78 is 21.6. The molecule has 4 rings (SSSR count). The van der Waals surface area contributed by atoms with Crippen LogP contribution in [0.4, 0.5) is 4.79 Å². The molecular weight excluding hydrogens is 562 g/mol. The summed E-state index contributed by atoms with van der Waals surface area (Å²) in [6.07, 6.45) is 1.78. The molecule has 4 aromatic heterocycles. The fraction of sp³-hybridized carbons (Fsp3) is 0.400. The van der Waals surface area contributed by atoms with Gasteiger partial charge in [0, 0.05) is 17.2 Å². The maximum absolute atomic E-state index is 12.8. The van der Waals surface area contributed by atoms with E-state index in [0.717, 1.165) is 6.26 Å². The number of aromatic carboxylic acids is 1. The Hall–Kier alpha value is -4.11. The second kappa shape index (κ2) is 11.2. The van der Waals surface area contributed by atoms with Gasteiger partial charge < -0.3 is 28.7 Å². The lowest BCUT2D eigenvalue weighted by atomic mass is 10.1. The number of carboxylic acids is 1. The SMILES string of the molecule is CC(C)(C)OC(=O)NC(Cc1nc(-c2nc(-c3nc(-c4nc(C(=O)O)co4)cs3)co2)cs1)C(=O)OC(C)(C)C. The number of aromatic nitrogens is 4. The Morgan fingerprint density at radius 3 is 2.15 bits per heavy atom. The number of ether oxygens (including phenoxy) is 2. The van der Waals surface area contributed by atoms with Gasteiger partial charge in [-0.3, -0.25) is 0 Å². The predicted octanol–water partition coefficient (Wildman–Crippen LogP) is 5.05. The second-order valence-corrected chi connectivity index (χ2v) is 12.3. The zero-order valence-corrected chi connectivity index (χ0v) is 24.1. The molecular formula is C25H27N5O8S2. The lowest BCUT2D eigenvalue weighted by Crippen LogP contribution is -2.47. The minimum absolute atomic E-state index is 0.0662. The van der Waals surface area contributed by atoms with E-state index in [1.807, 2.05) is 0 Å². The van der Waals surface area contributed by atoms with E-state index in [-0.39, 0.29) is 23.9 Å². The van der Waals surface area contributed by atoms with E-state index in [1.54, 1.807) is 52.3 Å². The summed E-state index contributed by atoms with van der Waals surface area (Å²) in [6, 6.07) is -1.03. The number of thiazole rings is 2. The minimum atomic E-state index is -1.20. The van der Waals surface area contributed by atoms with Gasteiger partial charge in [0.25, 0.3) is 0 Å². The lowest BCUT2D eigenvalue weighted by Gasteiger charge is -2.25. The largest absolute Gasteiger partial charge is 0.476 e. The van der Waals surface area contributed by atoms with Gasteiger partial charge in [-0.1, -0.05) is 0 Å². The number of alkyl carbamates (subject to hydrolysis) is 1. The van der Waals surface area contributed by atoms with Gasteiger partial charge in [0.05, 0.1) is 5.01 Å². The van der Waals surface area contributed by atoms with Gasteiger partial charge in [-0.05, 0) is 41.5 Å². The highest BCUT2D eigenvalue weighted by Gasteiger charge is 2.30. The van der Waals surface area contributed by atoms with E-state index in [1.165, 1.54) is 28.9 Å². The summed E-state index contributed by atoms with van der Waals surface area (Å²) >= 11 is 2.52. The first kappa shape index (κ1) is 28.9. The van der Waals surface area contributed by atoms with Crippen molar-refractivity contribution >= 4 is 40.7 Å². The molecule has 4 aromatic rings. The lowest BCUT2D eigenvalue weighted by molar-refractivity contribution is -0.157. The molecule has 0 aliphatic carbocycles. The Balaban J connectivity index is 1.48. The topological polar surface area (TPSA) is 180 Å². The number of esters is 1. The van der Waals surface area contributed by atoms with E-state index < -0.39 is 35.3 Å². The molecule has 1 atom stereocenters. The highest BCUT2D eigenvalue weighted by atomic mass is 32.1. The van der Waals surface area contributed by atoms with Crippen LogP contribution in [-0.2, 0) is 20.7 Å². The average Bonchev–Trinajstić information content (AvgIpc) is 3.62. The first-order valence-corrected chi connectivity index (χ1v) is 13.7. The number of nitrogens with zero attached hydrogens (tertiary/aromatic N) is 4. The van der Waals surface area contributed by atoms with Crippen molar-refractivity contribution in [3.8, 4) is 33.9 Å². The minimum Gasteiger partial charge on any atom is -0.476 e. The fourth-order valence-electron chi connectivity index (χ4n) is 3.16. The quantitative estimate of drug-likeness (QED) is 0.261. The summed E-state index contributed by atoms with van der Waals surface area (Å²) in [5.41, 5.74) is -0.491. The van der Waals surface area contributed by atoms with E-state index in [9.17, 15) is 14.4 Å². The first-order chi connectivity index (χ1) is 18.7. The van der Waals surface area contributed by atoms with Crippen molar-refractivity contribution in [2.45, 2.75) is 65.2 Å². The zero-order valence-electron chi connectivity index (χ0n) is 22.5. The highest BCUT2D eigenvalue weighted by Crippen LogP contribution is 2.31. The van der Waals surface area contributed by atoms with Crippen LogP contribution < -0.4 is 5.32 Å². The van der Waals surface area contributed by atoms with Gasteiger partial charge in [-0.2, -0.15) is 0 Å². The van der Waals surface area contributed by atoms with Crippen molar-refractivity contribution in [2.75, 3.05) is 0 Å².